The smallest absolute Gasteiger partial charge is 0.347 e. The maximum atomic E-state index is 12.9. The summed E-state index contributed by atoms with van der Waals surface area (Å²) in [4.78, 5) is 19.8. The first-order valence-electron chi connectivity index (χ1n) is 7.54. The van der Waals surface area contributed by atoms with E-state index in [1.165, 1.54) is 12.1 Å². The lowest BCUT2D eigenvalue weighted by atomic mass is 10.2. The van der Waals surface area contributed by atoms with E-state index < -0.39 is 11.7 Å². The molecule has 0 spiro atoms. The van der Waals surface area contributed by atoms with E-state index in [4.69, 9.17) is 0 Å². The molecule has 0 radical (unpaired) electrons. The van der Waals surface area contributed by atoms with Crippen molar-refractivity contribution in [3.63, 3.8) is 0 Å². The van der Waals surface area contributed by atoms with Gasteiger partial charge in [-0.2, -0.15) is 13.2 Å². The molecule has 2 aromatic heterocycles. The van der Waals surface area contributed by atoms with Crippen LogP contribution < -0.4 is 10.6 Å². The molecule has 26 heavy (non-hydrogen) atoms. The van der Waals surface area contributed by atoms with Crippen molar-refractivity contribution in [2.75, 3.05) is 5.32 Å². The fourth-order valence-electron chi connectivity index (χ4n) is 2.31. The van der Waals surface area contributed by atoms with Crippen LogP contribution in [0.15, 0.2) is 55.5 Å². The van der Waals surface area contributed by atoms with Crippen LogP contribution in [0.4, 0.5) is 24.7 Å². The number of rotatable bonds is 5. The average molecular weight is 361 g/mol. The van der Waals surface area contributed by atoms with Gasteiger partial charge in [-0.05, 0) is 24.3 Å². The summed E-state index contributed by atoms with van der Waals surface area (Å²) in [5.41, 5.74) is 0.405. The Bertz CT molecular complexity index is 964. The second-order valence-corrected chi connectivity index (χ2v) is 5.36. The SMILES string of the molecule is C=CC(=O)NCc1cn2ccnc2c(Nc2cccc(C(F)(F)F)c2)n1. The third kappa shape index (κ3) is 3.82. The molecule has 0 bridgehead atoms. The Morgan fingerprint density at radius 3 is 2.88 bits per heavy atom. The molecule has 1 aromatic carbocycles. The van der Waals surface area contributed by atoms with Gasteiger partial charge in [0.05, 0.1) is 17.8 Å². The minimum atomic E-state index is -4.44. The van der Waals surface area contributed by atoms with Gasteiger partial charge in [0.15, 0.2) is 11.5 Å². The Morgan fingerprint density at radius 2 is 2.15 bits per heavy atom. The van der Waals surface area contributed by atoms with E-state index in [2.05, 4.69) is 27.2 Å². The van der Waals surface area contributed by atoms with Crippen molar-refractivity contribution >= 4 is 23.1 Å². The number of nitrogens with one attached hydrogen (secondary N) is 2. The molecule has 3 aromatic rings. The normalized spacial score (nSPS) is 11.3. The first-order valence-corrected chi connectivity index (χ1v) is 7.54. The van der Waals surface area contributed by atoms with E-state index in [-0.39, 0.29) is 24.0 Å². The number of fused-ring (bicyclic) bond motifs is 1. The molecule has 6 nitrogen and oxygen atoms in total. The highest BCUT2D eigenvalue weighted by molar-refractivity contribution is 5.86. The lowest BCUT2D eigenvalue weighted by Crippen LogP contribution is -2.21. The minimum Gasteiger partial charge on any atom is -0.347 e. The van der Waals surface area contributed by atoms with Crippen molar-refractivity contribution < 1.29 is 18.0 Å². The van der Waals surface area contributed by atoms with E-state index in [1.807, 2.05) is 0 Å². The zero-order valence-corrected chi connectivity index (χ0v) is 13.4. The third-order valence-corrected chi connectivity index (χ3v) is 3.51. The molecule has 9 heteroatoms. The molecule has 0 saturated heterocycles. The van der Waals surface area contributed by atoms with Gasteiger partial charge in [-0.3, -0.25) is 4.79 Å². The Kier molecular flexibility index (Phi) is 4.61. The lowest BCUT2D eigenvalue weighted by molar-refractivity contribution is -0.137. The van der Waals surface area contributed by atoms with Gasteiger partial charge in [0.25, 0.3) is 0 Å². The van der Waals surface area contributed by atoms with Crippen molar-refractivity contribution in [3.8, 4) is 0 Å². The van der Waals surface area contributed by atoms with Crippen molar-refractivity contribution in [2.45, 2.75) is 12.7 Å². The van der Waals surface area contributed by atoms with E-state index in [0.717, 1.165) is 18.2 Å². The van der Waals surface area contributed by atoms with Gasteiger partial charge in [-0.25, -0.2) is 9.97 Å². The molecule has 0 aliphatic rings. The van der Waals surface area contributed by atoms with Crippen LogP contribution in [0.1, 0.15) is 11.3 Å². The summed E-state index contributed by atoms with van der Waals surface area (Å²) < 4.78 is 40.3. The number of carbonyl (C=O) groups is 1. The minimum absolute atomic E-state index is 0.135. The number of anilines is 2. The summed E-state index contributed by atoms with van der Waals surface area (Å²) in [6.07, 6.45) is 1.58. The molecule has 134 valence electrons. The average Bonchev–Trinajstić information content (AvgIpc) is 3.08. The topological polar surface area (TPSA) is 71.3 Å². The van der Waals surface area contributed by atoms with E-state index >= 15 is 0 Å². The van der Waals surface area contributed by atoms with E-state index in [0.29, 0.717) is 11.3 Å². The van der Waals surface area contributed by atoms with Gasteiger partial charge >= 0.3 is 6.18 Å². The Hall–Kier alpha value is -3.36. The first kappa shape index (κ1) is 17.5. The van der Waals surface area contributed by atoms with Gasteiger partial charge in [-0.15, -0.1) is 0 Å². The second-order valence-electron chi connectivity index (χ2n) is 5.36. The van der Waals surface area contributed by atoms with Crippen molar-refractivity contribution in [1.82, 2.24) is 19.7 Å². The molecular weight excluding hydrogens is 347 g/mol. The molecule has 0 aliphatic carbocycles. The predicted octanol–water partition coefficient (Wildman–Crippen LogP) is 3.29. The molecule has 0 atom stereocenters. The van der Waals surface area contributed by atoms with E-state index in [9.17, 15) is 18.0 Å². The van der Waals surface area contributed by atoms with Crippen molar-refractivity contribution in [3.05, 3.63) is 66.8 Å². The predicted molar refractivity (Wildman–Crippen MR) is 89.8 cm³/mol. The maximum Gasteiger partial charge on any atom is 0.416 e. The molecule has 0 saturated carbocycles. The number of benzene rings is 1. The number of hydrogen-bond donors (Lipinski definition) is 2. The molecule has 0 fully saturated rings. The van der Waals surface area contributed by atoms with Gasteiger partial charge in [0, 0.05) is 24.3 Å². The molecule has 0 unspecified atom stereocenters. The van der Waals surface area contributed by atoms with Crippen LogP contribution in [-0.2, 0) is 17.5 Å². The van der Waals surface area contributed by atoms with Crippen molar-refractivity contribution in [1.29, 1.82) is 0 Å². The summed E-state index contributed by atoms with van der Waals surface area (Å²) in [6, 6.07) is 4.79. The number of halogens is 3. The van der Waals surface area contributed by atoms with Gasteiger partial charge in [-0.1, -0.05) is 12.6 Å². The standard InChI is InChI=1S/C17H14F3N5O/c1-2-14(26)22-9-13-10-25-7-6-21-16(25)15(24-13)23-12-5-3-4-11(8-12)17(18,19)20/h2-8,10H,1,9H2,(H,22,26)(H,23,24). The highest BCUT2D eigenvalue weighted by Gasteiger charge is 2.30. The van der Waals surface area contributed by atoms with Crippen LogP contribution >= 0.6 is 0 Å². The Labute approximate surface area is 146 Å². The lowest BCUT2D eigenvalue weighted by Gasteiger charge is -2.12. The summed E-state index contributed by atoms with van der Waals surface area (Å²) in [5.74, 6) is -0.0791. The number of nitrogens with zero attached hydrogens (tertiary/aromatic N) is 3. The zero-order valence-electron chi connectivity index (χ0n) is 13.4. The third-order valence-electron chi connectivity index (χ3n) is 3.51. The first-order chi connectivity index (χ1) is 12.4. The van der Waals surface area contributed by atoms with Crippen LogP contribution in [0.2, 0.25) is 0 Å². The van der Waals surface area contributed by atoms with Gasteiger partial charge in [0.2, 0.25) is 5.91 Å². The number of alkyl halides is 3. The Morgan fingerprint density at radius 1 is 1.35 bits per heavy atom. The number of amides is 1. The summed E-state index contributed by atoms with van der Waals surface area (Å²) in [5, 5.41) is 5.46. The van der Waals surface area contributed by atoms with Crippen LogP contribution in [0, 0.1) is 0 Å². The summed E-state index contributed by atoms with van der Waals surface area (Å²) in [6.45, 7) is 3.50. The second kappa shape index (κ2) is 6.87. The number of aromatic nitrogens is 3. The summed E-state index contributed by atoms with van der Waals surface area (Å²) >= 11 is 0. The van der Waals surface area contributed by atoms with E-state index in [1.54, 1.807) is 23.0 Å². The fraction of sp³-hybridized carbons (Fsp3) is 0.118. The Balaban J connectivity index is 1.93. The quantitative estimate of drug-likeness (QED) is 0.684. The van der Waals surface area contributed by atoms with Crippen LogP contribution in [-0.4, -0.2) is 20.3 Å². The van der Waals surface area contributed by atoms with Crippen LogP contribution in [0.25, 0.3) is 5.65 Å². The van der Waals surface area contributed by atoms with Crippen LogP contribution in [0.3, 0.4) is 0 Å². The molecule has 0 aliphatic heterocycles. The molecule has 1 amide bonds. The van der Waals surface area contributed by atoms with Gasteiger partial charge < -0.3 is 15.0 Å². The highest BCUT2D eigenvalue weighted by Crippen LogP contribution is 2.31. The fourth-order valence-corrected chi connectivity index (χ4v) is 2.31. The molecule has 3 rings (SSSR count). The number of hydrogen-bond acceptors (Lipinski definition) is 4. The number of carbonyl (C=O) groups excluding carboxylic acids is 1. The zero-order chi connectivity index (χ0) is 18.7. The van der Waals surface area contributed by atoms with Crippen molar-refractivity contribution in [2.24, 2.45) is 0 Å². The largest absolute Gasteiger partial charge is 0.416 e. The number of imidazole rings is 1. The highest BCUT2D eigenvalue weighted by atomic mass is 19.4. The van der Waals surface area contributed by atoms with Crippen LogP contribution in [0.5, 0.6) is 0 Å². The summed E-state index contributed by atoms with van der Waals surface area (Å²) in [7, 11) is 0. The molecular formula is C17H14F3N5O. The molecule has 2 N–H and O–H groups in total. The monoisotopic (exact) mass is 361 g/mol. The van der Waals surface area contributed by atoms with Gasteiger partial charge in [0.1, 0.15) is 0 Å². The maximum absolute atomic E-state index is 12.9. The molecule has 2 heterocycles.